The molecule has 1 heterocycles. The zero-order valence-corrected chi connectivity index (χ0v) is 11.9. The Morgan fingerprint density at radius 3 is 2.50 bits per heavy atom. The first-order chi connectivity index (χ1) is 9.44. The minimum absolute atomic E-state index is 0.0892. The van der Waals surface area contributed by atoms with E-state index in [1.165, 1.54) is 6.20 Å². The maximum absolute atomic E-state index is 12.2. The summed E-state index contributed by atoms with van der Waals surface area (Å²) in [6.45, 7) is 1.71. The van der Waals surface area contributed by atoms with Crippen molar-refractivity contribution >= 4 is 10.0 Å². The number of rotatable bonds is 4. The van der Waals surface area contributed by atoms with Crippen LogP contribution in [-0.4, -0.2) is 18.0 Å². The number of benzene rings is 1. The Kier molecular flexibility index (Phi) is 3.88. The van der Waals surface area contributed by atoms with Crippen molar-refractivity contribution in [3.8, 4) is 6.07 Å². The van der Waals surface area contributed by atoms with E-state index in [0.29, 0.717) is 11.4 Å². The molecule has 6 nitrogen and oxygen atoms in total. The molecule has 1 N–H and O–H groups in total. The van der Waals surface area contributed by atoms with Gasteiger partial charge in [0.1, 0.15) is 11.9 Å². The van der Waals surface area contributed by atoms with Crippen LogP contribution in [0.4, 0.5) is 0 Å². The molecule has 0 aliphatic heterocycles. The predicted octanol–water partition coefficient (Wildman–Crippen LogP) is 1.27. The van der Waals surface area contributed by atoms with E-state index in [4.69, 9.17) is 5.26 Å². The third-order valence-corrected chi connectivity index (χ3v) is 4.19. The molecule has 2 aromatic rings. The fourth-order valence-corrected chi connectivity index (χ4v) is 2.85. The molecule has 1 aromatic heterocycles. The normalized spacial score (nSPS) is 12.8. The first kappa shape index (κ1) is 14.2. The zero-order valence-electron chi connectivity index (χ0n) is 11.1. The van der Waals surface area contributed by atoms with Crippen LogP contribution in [0.1, 0.15) is 17.4 Å². The SMILES string of the molecule is Cc1nc(S(=O)(=O)NC(C#N)c2ccccc2)cn1C. The molecule has 1 atom stereocenters. The van der Waals surface area contributed by atoms with Crippen molar-refractivity contribution in [1.29, 1.82) is 5.26 Å². The van der Waals surface area contributed by atoms with Crippen LogP contribution in [0.5, 0.6) is 0 Å². The lowest BCUT2D eigenvalue weighted by Crippen LogP contribution is -2.28. The molecule has 2 rings (SSSR count). The summed E-state index contributed by atoms with van der Waals surface area (Å²) in [7, 11) is -2.12. The van der Waals surface area contributed by atoms with Crippen molar-refractivity contribution in [2.45, 2.75) is 18.0 Å². The first-order valence-corrected chi connectivity index (χ1v) is 7.39. The van der Waals surface area contributed by atoms with Crippen molar-refractivity contribution < 1.29 is 8.42 Å². The third-order valence-electron chi connectivity index (χ3n) is 2.90. The van der Waals surface area contributed by atoms with E-state index < -0.39 is 16.1 Å². The Bertz CT molecular complexity index is 725. The Morgan fingerprint density at radius 1 is 1.35 bits per heavy atom. The van der Waals surface area contributed by atoms with Gasteiger partial charge in [-0.2, -0.15) is 9.98 Å². The minimum atomic E-state index is -3.83. The summed E-state index contributed by atoms with van der Waals surface area (Å²) < 4.78 is 28.4. The van der Waals surface area contributed by atoms with Gasteiger partial charge in [0.2, 0.25) is 0 Å². The second kappa shape index (κ2) is 5.45. The molecular weight excluding hydrogens is 276 g/mol. The molecule has 0 amide bonds. The molecular formula is C13H14N4O2S. The summed E-state index contributed by atoms with van der Waals surface area (Å²) in [6, 6.07) is 9.69. The van der Waals surface area contributed by atoms with Crippen LogP contribution in [-0.2, 0) is 17.1 Å². The lowest BCUT2D eigenvalue weighted by atomic mass is 10.1. The fourth-order valence-electron chi connectivity index (χ4n) is 1.69. The van der Waals surface area contributed by atoms with E-state index in [2.05, 4.69) is 9.71 Å². The van der Waals surface area contributed by atoms with Gasteiger partial charge in [0, 0.05) is 13.2 Å². The molecule has 104 valence electrons. The Hall–Kier alpha value is -2.17. The van der Waals surface area contributed by atoms with E-state index >= 15 is 0 Å². The highest BCUT2D eigenvalue weighted by atomic mass is 32.2. The summed E-state index contributed by atoms with van der Waals surface area (Å²) in [4.78, 5) is 3.97. The van der Waals surface area contributed by atoms with Gasteiger partial charge in [-0.15, -0.1) is 0 Å². The molecule has 0 aliphatic carbocycles. The number of sulfonamides is 1. The summed E-state index contributed by atoms with van der Waals surface area (Å²) in [5.41, 5.74) is 0.589. The molecule has 0 radical (unpaired) electrons. The van der Waals surface area contributed by atoms with Crippen LogP contribution in [0.2, 0.25) is 0 Å². The molecule has 0 saturated heterocycles. The van der Waals surface area contributed by atoms with Crippen LogP contribution < -0.4 is 4.72 Å². The van der Waals surface area contributed by atoms with E-state index in [9.17, 15) is 8.42 Å². The van der Waals surface area contributed by atoms with Crippen molar-refractivity contribution in [3.63, 3.8) is 0 Å². The Balaban J connectivity index is 2.30. The van der Waals surface area contributed by atoms with Crippen molar-refractivity contribution in [2.75, 3.05) is 0 Å². The summed E-state index contributed by atoms with van der Waals surface area (Å²) in [5.74, 6) is 0.582. The molecule has 1 aromatic carbocycles. The van der Waals surface area contributed by atoms with E-state index in [-0.39, 0.29) is 5.03 Å². The first-order valence-electron chi connectivity index (χ1n) is 5.91. The highest BCUT2D eigenvalue weighted by Gasteiger charge is 2.23. The molecule has 0 aliphatic rings. The van der Waals surface area contributed by atoms with Gasteiger partial charge in [-0.25, -0.2) is 13.4 Å². The Labute approximate surface area is 117 Å². The van der Waals surface area contributed by atoms with Gasteiger partial charge < -0.3 is 4.57 Å². The van der Waals surface area contributed by atoms with Crippen LogP contribution in [0.15, 0.2) is 41.6 Å². The fraction of sp³-hybridized carbons (Fsp3) is 0.231. The van der Waals surface area contributed by atoms with Gasteiger partial charge in [-0.05, 0) is 12.5 Å². The standard InChI is InChI=1S/C13H14N4O2S/c1-10-15-13(9-17(10)2)20(18,19)16-12(8-14)11-6-4-3-5-7-11/h3-7,9,12,16H,1-2H3. The molecule has 7 heteroatoms. The van der Waals surface area contributed by atoms with Gasteiger partial charge in [0.05, 0.1) is 6.07 Å². The Morgan fingerprint density at radius 2 is 2.00 bits per heavy atom. The lowest BCUT2D eigenvalue weighted by Gasteiger charge is -2.10. The van der Waals surface area contributed by atoms with Crippen LogP contribution >= 0.6 is 0 Å². The van der Waals surface area contributed by atoms with Crippen molar-refractivity contribution in [1.82, 2.24) is 14.3 Å². The van der Waals surface area contributed by atoms with Gasteiger partial charge in [0.15, 0.2) is 5.03 Å². The number of aryl methyl sites for hydroxylation is 2. The molecule has 1 unspecified atom stereocenters. The van der Waals surface area contributed by atoms with Gasteiger partial charge in [0.25, 0.3) is 10.0 Å². The van der Waals surface area contributed by atoms with E-state index in [0.717, 1.165) is 0 Å². The van der Waals surface area contributed by atoms with Crippen molar-refractivity contribution in [2.24, 2.45) is 7.05 Å². The van der Waals surface area contributed by atoms with Crippen LogP contribution in [0.25, 0.3) is 0 Å². The van der Waals surface area contributed by atoms with Gasteiger partial charge in [-0.3, -0.25) is 0 Å². The minimum Gasteiger partial charge on any atom is -0.337 e. The van der Waals surface area contributed by atoms with Crippen molar-refractivity contribution in [3.05, 3.63) is 47.9 Å². The third kappa shape index (κ3) is 2.87. The van der Waals surface area contributed by atoms with Gasteiger partial charge in [-0.1, -0.05) is 30.3 Å². The second-order valence-corrected chi connectivity index (χ2v) is 5.99. The number of imidazole rings is 1. The smallest absolute Gasteiger partial charge is 0.261 e. The maximum atomic E-state index is 12.2. The molecule has 0 saturated carbocycles. The largest absolute Gasteiger partial charge is 0.337 e. The number of hydrogen-bond acceptors (Lipinski definition) is 4. The van der Waals surface area contributed by atoms with E-state index in [1.54, 1.807) is 48.9 Å². The number of nitrogens with zero attached hydrogens (tertiary/aromatic N) is 3. The topological polar surface area (TPSA) is 87.8 Å². The molecule has 20 heavy (non-hydrogen) atoms. The highest BCUT2D eigenvalue weighted by molar-refractivity contribution is 7.89. The molecule has 0 spiro atoms. The van der Waals surface area contributed by atoms with Gasteiger partial charge >= 0.3 is 0 Å². The summed E-state index contributed by atoms with van der Waals surface area (Å²) >= 11 is 0. The lowest BCUT2D eigenvalue weighted by molar-refractivity contribution is 0.572. The predicted molar refractivity (Wildman–Crippen MR) is 73.1 cm³/mol. The average Bonchev–Trinajstić information content (AvgIpc) is 2.78. The molecule has 0 bridgehead atoms. The quantitative estimate of drug-likeness (QED) is 0.918. The summed E-state index contributed by atoms with van der Waals surface area (Å²) in [6.07, 6.45) is 1.41. The van der Waals surface area contributed by atoms with E-state index in [1.807, 2.05) is 6.07 Å². The zero-order chi connectivity index (χ0) is 14.8. The maximum Gasteiger partial charge on any atom is 0.261 e. The number of nitriles is 1. The highest BCUT2D eigenvalue weighted by Crippen LogP contribution is 2.16. The summed E-state index contributed by atoms with van der Waals surface area (Å²) in [5, 5.41) is 9.06. The number of aromatic nitrogens is 2. The van der Waals surface area contributed by atoms with Crippen LogP contribution in [0, 0.1) is 18.3 Å². The molecule has 0 fully saturated rings. The van der Waals surface area contributed by atoms with Crippen LogP contribution in [0.3, 0.4) is 0 Å². The number of hydrogen-bond donors (Lipinski definition) is 1. The average molecular weight is 290 g/mol. The monoisotopic (exact) mass is 290 g/mol. The second-order valence-electron chi connectivity index (χ2n) is 4.33. The number of nitrogens with one attached hydrogen (secondary N) is 1.